The van der Waals surface area contributed by atoms with Crippen LogP contribution in [0.5, 0.6) is 0 Å². The van der Waals surface area contributed by atoms with Gasteiger partial charge < -0.3 is 29.0 Å². The lowest BCUT2D eigenvalue weighted by Gasteiger charge is -2.37. The molecule has 1 amide bonds. The standard InChI is InChI=1S/C20H32N4O4/c1-2-21-20(22-8-5-13-26-16-17-6-3-14-27-17)24-11-9-23(10-12-24)19(25)18-7-4-15-28-18/h3,6,14,18H,2,4-5,7-13,15-16H2,1H3,(H,21,22). The Hall–Kier alpha value is -2.06. The lowest BCUT2D eigenvalue weighted by Crippen LogP contribution is -2.55. The molecule has 2 aliphatic heterocycles. The van der Waals surface area contributed by atoms with Crippen LogP contribution in [0.4, 0.5) is 0 Å². The number of rotatable bonds is 8. The van der Waals surface area contributed by atoms with E-state index in [-0.39, 0.29) is 12.0 Å². The number of ether oxygens (including phenoxy) is 2. The van der Waals surface area contributed by atoms with Crippen LogP contribution >= 0.6 is 0 Å². The van der Waals surface area contributed by atoms with Gasteiger partial charge in [0.15, 0.2) is 5.96 Å². The molecule has 2 fully saturated rings. The molecule has 0 aromatic carbocycles. The van der Waals surface area contributed by atoms with E-state index in [1.54, 1.807) is 6.26 Å². The molecule has 1 aromatic heterocycles. The van der Waals surface area contributed by atoms with Gasteiger partial charge >= 0.3 is 0 Å². The minimum Gasteiger partial charge on any atom is -0.467 e. The van der Waals surface area contributed by atoms with Crippen molar-refractivity contribution in [3.8, 4) is 0 Å². The summed E-state index contributed by atoms with van der Waals surface area (Å²) in [4.78, 5) is 21.4. The van der Waals surface area contributed by atoms with Crippen molar-refractivity contribution in [2.24, 2.45) is 4.99 Å². The van der Waals surface area contributed by atoms with E-state index in [9.17, 15) is 4.79 Å². The summed E-state index contributed by atoms with van der Waals surface area (Å²) in [5.74, 6) is 1.90. The highest BCUT2D eigenvalue weighted by atomic mass is 16.5. The Bertz CT molecular complexity index is 606. The number of nitrogens with zero attached hydrogens (tertiary/aromatic N) is 3. The average Bonchev–Trinajstić information content (AvgIpc) is 3.43. The van der Waals surface area contributed by atoms with Crippen molar-refractivity contribution in [1.82, 2.24) is 15.1 Å². The van der Waals surface area contributed by atoms with Gasteiger partial charge in [-0.15, -0.1) is 0 Å². The van der Waals surface area contributed by atoms with Crippen LogP contribution in [0.2, 0.25) is 0 Å². The number of hydrogen-bond acceptors (Lipinski definition) is 5. The Labute approximate surface area is 166 Å². The lowest BCUT2D eigenvalue weighted by molar-refractivity contribution is -0.142. The van der Waals surface area contributed by atoms with Crippen LogP contribution in [-0.4, -0.2) is 80.3 Å². The number of nitrogens with one attached hydrogen (secondary N) is 1. The summed E-state index contributed by atoms with van der Waals surface area (Å²) in [5, 5.41) is 3.36. The molecule has 8 heteroatoms. The molecular formula is C20H32N4O4. The molecule has 1 atom stereocenters. The van der Waals surface area contributed by atoms with E-state index in [1.165, 1.54) is 0 Å². The SMILES string of the molecule is CCNC(=NCCCOCc1ccco1)N1CCN(C(=O)C2CCCO2)CC1. The number of carbonyl (C=O) groups excluding carboxylic acids is 1. The van der Waals surface area contributed by atoms with E-state index >= 15 is 0 Å². The zero-order valence-electron chi connectivity index (χ0n) is 16.8. The maximum atomic E-state index is 12.5. The molecule has 1 N–H and O–H groups in total. The quantitative estimate of drug-likeness (QED) is 0.410. The van der Waals surface area contributed by atoms with E-state index in [0.717, 1.165) is 63.7 Å². The van der Waals surface area contributed by atoms with Gasteiger partial charge in [-0.2, -0.15) is 0 Å². The monoisotopic (exact) mass is 392 g/mol. The van der Waals surface area contributed by atoms with Crippen molar-refractivity contribution >= 4 is 11.9 Å². The number of aliphatic imine (C=N–C) groups is 1. The Morgan fingerprint density at radius 2 is 2.14 bits per heavy atom. The molecule has 0 bridgehead atoms. The van der Waals surface area contributed by atoms with E-state index in [0.29, 0.717) is 26.4 Å². The molecule has 3 rings (SSSR count). The predicted octanol–water partition coefficient (Wildman–Crippen LogP) is 1.48. The molecule has 8 nitrogen and oxygen atoms in total. The predicted molar refractivity (Wildman–Crippen MR) is 106 cm³/mol. The molecule has 1 unspecified atom stereocenters. The zero-order chi connectivity index (χ0) is 19.6. The molecule has 3 heterocycles. The molecule has 156 valence electrons. The van der Waals surface area contributed by atoms with Gasteiger partial charge in [-0.05, 0) is 38.3 Å². The van der Waals surface area contributed by atoms with Crippen molar-refractivity contribution in [3.05, 3.63) is 24.2 Å². The Morgan fingerprint density at radius 3 is 2.82 bits per heavy atom. The maximum absolute atomic E-state index is 12.5. The second-order valence-corrected chi connectivity index (χ2v) is 7.04. The number of furan rings is 1. The Kier molecular flexibility index (Phi) is 8.17. The third-order valence-corrected chi connectivity index (χ3v) is 4.96. The minimum absolute atomic E-state index is 0.146. The van der Waals surface area contributed by atoms with E-state index in [4.69, 9.17) is 18.9 Å². The molecule has 0 aliphatic carbocycles. The number of hydrogen-bond donors (Lipinski definition) is 1. The first-order chi connectivity index (χ1) is 13.8. The van der Waals surface area contributed by atoms with E-state index in [1.807, 2.05) is 17.0 Å². The largest absolute Gasteiger partial charge is 0.467 e. The summed E-state index contributed by atoms with van der Waals surface area (Å²) in [5.41, 5.74) is 0. The van der Waals surface area contributed by atoms with Crippen molar-refractivity contribution in [2.45, 2.75) is 38.9 Å². The smallest absolute Gasteiger partial charge is 0.251 e. The molecule has 0 spiro atoms. The zero-order valence-corrected chi connectivity index (χ0v) is 16.8. The van der Waals surface area contributed by atoms with Crippen molar-refractivity contribution in [1.29, 1.82) is 0 Å². The number of amides is 1. The van der Waals surface area contributed by atoms with Crippen LogP contribution in [0.25, 0.3) is 0 Å². The first-order valence-electron chi connectivity index (χ1n) is 10.3. The van der Waals surface area contributed by atoms with Gasteiger partial charge in [0.25, 0.3) is 5.91 Å². The summed E-state index contributed by atoms with van der Waals surface area (Å²) in [6.07, 6.45) is 4.12. The van der Waals surface area contributed by atoms with Crippen LogP contribution in [0.1, 0.15) is 31.9 Å². The van der Waals surface area contributed by atoms with E-state index < -0.39 is 0 Å². The van der Waals surface area contributed by atoms with Crippen molar-refractivity contribution < 1.29 is 18.7 Å². The fourth-order valence-electron chi connectivity index (χ4n) is 3.46. The summed E-state index contributed by atoms with van der Waals surface area (Å²) in [6.45, 7) is 8.46. The highest BCUT2D eigenvalue weighted by molar-refractivity contribution is 5.82. The van der Waals surface area contributed by atoms with Gasteiger partial charge in [0.2, 0.25) is 0 Å². The van der Waals surface area contributed by atoms with Crippen LogP contribution in [0.15, 0.2) is 27.8 Å². The molecule has 2 saturated heterocycles. The Morgan fingerprint density at radius 1 is 1.32 bits per heavy atom. The first-order valence-corrected chi connectivity index (χ1v) is 10.3. The topological polar surface area (TPSA) is 79.5 Å². The lowest BCUT2D eigenvalue weighted by atomic mass is 10.2. The minimum atomic E-state index is -0.227. The molecule has 0 saturated carbocycles. The first kappa shape index (κ1) is 20.7. The van der Waals surface area contributed by atoms with Gasteiger partial charge in [-0.25, -0.2) is 0 Å². The molecular weight excluding hydrogens is 360 g/mol. The average molecular weight is 393 g/mol. The van der Waals surface area contributed by atoms with Crippen LogP contribution < -0.4 is 5.32 Å². The van der Waals surface area contributed by atoms with Crippen LogP contribution in [0, 0.1) is 0 Å². The third-order valence-electron chi connectivity index (χ3n) is 4.96. The third kappa shape index (κ3) is 5.97. The van der Waals surface area contributed by atoms with Crippen molar-refractivity contribution in [3.63, 3.8) is 0 Å². The summed E-state index contributed by atoms with van der Waals surface area (Å²) in [6, 6.07) is 3.77. The normalized spacial score (nSPS) is 20.6. The van der Waals surface area contributed by atoms with Crippen molar-refractivity contribution in [2.75, 3.05) is 52.5 Å². The highest BCUT2D eigenvalue weighted by Gasteiger charge is 2.30. The van der Waals surface area contributed by atoms with Gasteiger partial charge in [0, 0.05) is 52.5 Å². The molecule has 1 aromatic rings. The molecule has 2 aliphatic rings. The Balaban J connectivity index is 1.38. The van der Waals surface area contributed by atoms with E-state index in [2.05, 4.69) is 17.1 Å². The number of guanidine groups is 1. The number of carbonyl (C=O) groups is 1. The maximum Gasteiger partial charge on any atom is 0.251 e. The van der Waals surface area contributed by atoms with Crippen LogP contribution in [-0.2, 0) is 20.9 Å². The summed E-state index contributed by atoms with van der Waals surface area (Å²) >= 11 is 0. The fraction of sp³-hybridized carbons (Fsp3) is 0.700. The van der Waals surface area contributed by atoms with Gasteiger partial charge in [-0.1, -0.05) is 0 Å². The van der Waals surface area contributed by atoms with Gasteiger partial charge in [-0.3, -0.25) is 9.79 Å². The number of piperazine rings is 1. The second kappa shape index (κ2) is 11.1. The van der Waals surface area contributed by atoms with Crippen LogP contribution in [0.3, 0.4) is 0 Å². The van der Waals surface area contributed by atoms with Gasteiger partial charge in [0.05, 0.1) is 6.26 Å². The molecule has 0 radical (unpaired) electrons. The highest BCUT2D eigenvalue weighted by Crippen LogP contribution is 2.16. The second-order valence-electron chi connectivity index (χ2n) is 7.04. The van der Waals surface area contributed by atoms with Gasteiger partial charge in [0.1, 0.15) is 18.5 Å². The molecule has 28 heavy (non-hydrogen) atoms. The fourth-order valence-corrected chi connectivity index (χ4v) is 3.46. The summed E-state index contributed by atoms with van der Waals surface area (Å²) < 4.78 is 16.4. The summed E-state index contributed by atoms with van der Waals surface area (Å²) in [7, 11) is 0.